The van der Waals surface area contributed by atoms with Crippen LogP contribution in [0.4, 0.5) is 0 Å². The van der Waals surface area contributed by atoms with Gasteiger partial charge in [-0.25, -0.2) is 0 Å². The van der Waals surface area contributed by atoms with E-state index in [9.17, 15) is 4.79 Å². The Morgan fingerprint density at radius 1 is 1.45 bits per heavy atom. The molecule has 0 bridgehead atoms. The second kappa shape index (κ2) is 9.69. The lowest BCUT2D eigenvalue weighted by Crippen LogP contribution is -1.84. The Bertz CT molecular complexity index is 114. The molecular formula is C6H14NO3P. The summed E-state index contributed by atoms with van der Waals surface area (Å²) in [5, 5.41) is 6.18. The molecule has 0 saturated carbocycles. The summed E-state index contributed by atoms with van der Waals surface area (Å²) < 4.78 is 9.48. The second-order valence-electron chi connectivity index (χ2n) is 1.56. The van der Waals surface area contributed by atoms with Crippen molar-refractivity contribution in [2.75, 3.05) is 20.9 Å². The largest absolute Gasteiger partial charge is 0.338 e. The molecule has 0 aromatic heterocycles. The van der Waals surface area contributed by atoms with Crippen molar-refractivity contribution in [3.63, 3.8) is 0 Å². The minimum atomic E-state index is -0.576. The summed E-state index contributed by atoms with van der Waals surface area (Å²) in [6, 6.07) is 0. The molecule has 0 aromatic rings. The fourth-order valence-electron chi connectivity index (χ4n) is 0.0745. The number of carbonyl (C=O) groups is 1. The zero-order valence-electron chi connectivity index (χ0n) is 7.25. The van der Waals surface area contributed by atoms with E-state index in [4.69, 9.17) is 14.5 Å². The third-order valence-electron chi connectivity index (χ3n) is 0.717. The van der Waals surface area contributed by atoms with Gasteiger partial charge < -0.3 is 14.5 Å². The number of ketones is 1. The fraction of sp³-hybridized carbons (Fsp3) is 0.667. The van der Waals surface area contributed by atoms with Crippen molar-refractivity contribution >= 4 is 20.4 Å². The first-order valence-corrected chi connectivity index (χ1v) is 4.54. The van der Waals surface area contributed by atoms with Crippen LogP contribution in [-0.2, 0) is 13.8 Å². The van der Waals surface area contributed by atoms with Crippen LogP contribution in [0.3, 0.4) is 0 Å². The van der Waals surface area contributed by atoms with Gasteiger partial charge in [-0.05, 0) is 0 Å². The minimum absolute atomic E-state index is 0.204. The van der Waals surface area contributed by atoms with Crippen LogP contribution in [0.25, 0.3) is 0 Å². The summed E-state index contributed by atoms with van der Waals surface area (Å²) in [6.45, 7) is 3.24. The lowest BCUT2D eigenvalue weighted by atomic mass is 10.5. The summed E-state index contributed by atoms with van der Waals surface area (Å²) >= 11 is 0. The van der Waals surface area contributed by atoms with Crippen molar-refractivity contribution in [2.24, 2.45) is 0 Å². The van der Waals surface area contributed by atoms with Crippen molar-refractivity contribution in [2.45, 2.75) is 6.92 Å². The van der Waals surface area contributed by atoms with Gasteiger partial charge in [-0.15, -0.1) is 0 Å². The van der Waals surface area contributed by atoms with Gasteiger partial charge in [0, 0.05) is 27.8 Å². The summed E-state index contributed by atoms with van der Waals surface area (Å²) in [6.07, 6.45) is 0.778. The molecule has 0 saturated heterocycles. The van der Waals surface area contributed by atoms with E-state index in [1.807, 2.05) is 6.66 Å². The van der Waals surface area contributed by atoms with Crippen LogP contribution in [0.5, 0.6) is 0 Å². The van der Waals surface area contributed by atoms with Crippen LogP contribution in [0.1, 0.15) is 6.92 Å². The van der Waals surface area contributed by atoms with Crippen LogP contribution >= 0.6 is 8.38 Å². The quantitative estimate of drug-likeness (QED) is 0.526. The molecular weight excluding hydrogens is 165 g/mol. The van der Waals surface area contributed by atoms with Gasteiger partial charge in [-0.1, -0.05) is 0 Å². The van der Waals surface area contributed by atoms with Gasteiger partial charge in [0.2, 0.25) is 0 Å². The highest BCUT2D eigenvalue weighted by Gasteiger charge is 1.89. The lowest BCUT2D eigenvalue weighted by Gasteiger charge is -2.01. The number of nitrogens with one attached hydrogen (secondary N) is 1. The van der Waals surface area contributed by atoms with Gasteiger partial charge in [-0.3, -0.25) is 4.79 Å². The highest BCUT2D eigenvalue weighted by molar-refractivity contribution is 7.46. The van der Waals surface area contributed by atoms with Gasteiger partial charge in [-0.2, -0.15) is 0 Å². The Morgan fingerprint density at radius 3 is 1.73 bits per heavy atom. The van der Waals surface area contributed by atoms with E-state index in [1.54, 1.807) is 14.2 Å². The van der Waals surface area contributed by atoms with Crippen LogP contribution in [0.2, 0.25) is 0 Å². The summed E-state index contributed by atoms with van der Waals surface area (Å²) in [4.78, 5) is 9.57. The third kappa shape index (κ3) is 17.7. The van der Waals surface area contributed by atoms with Crippen LogP contribution in [0.15, 0.2) is 0 Å². The molecule has 0 unspecified atom stereocenters. The summed E-state index contributed by atoms with van der Waals surface area (Å²) in [7, 11) is 2.69. The molecule has 66 valence electrons. The molecule has 4 nitrogen and oxygen atoms in total. The van der Waals surface area contributed by atoms with E-state index in [-0.39, 0.29) is 5.78 Å². The maximum absolute atomic E-state index is 9.57. The van der Waals surface area contributed by atoms with Crippen molar-refractivity contribution in [1.82, 2.24) is 0 Å². The third-order valence-corrected chi connectivity index (χ3v) is 1.75. The molecule has 0 aliphatic carbocycles. The Hall–Kier alpha value is -0.310. The van der Waals surface area contributed by atoms with Gasteiger partial charge in [0.25, 0.3) is 0 Å². The highest BCUT2D eigenvalue weighted by Crippen LogP contribution is 2.29. The van der Waals surface area contributed by atoms with Crippen molar-refractivity contribution in [3.8, 4) is 0 Å². The zero-order chi connectivity index (χ0) is 9.28. The fourth-order valence-corrected chi connectivity index (χ4v) is 0.224. The first kappa shape index (κ1) is 13.3. The van der Waals surface area contributed by atoms with Crippen molar-refractivity contribution in [1.29, 1.82) is 5.41 Å². The predicted octanol–water partition coefficient (Wildman–Crippen LogP) is 1.45. The minimum Gasteiger partial charge on any atom is -0.338 e. The van der Waals surface area contributed by atoms with Crippen LogP contribution < -0.4 is 0 Å². The van der Waals surface area contributed by atoms with E-state index in [0.29, 0.717) is 0 Å². The van der Waals surface area contributed by atoms with Gasteiger partial charge in [0.05, 0.1) is 6.21 Å². The van der Waals surface area contributed by atoms with E-state index < -0.39 is 8.38 Å². The Labute approximate surface area is 68.3 Å². The smallest absolute Gasteiger partial charge is 0.170 e. The molecule has 1 N–H and O–H groups in total. The van der Waals surface area contributed by atoms with Crippen LogP contribution in [0, 0.1) is 5.41 Å². The van der Waals surface area contributed by atoms with Crippen molar-refractivity contribution in [3.05, 3.63) is 0 Å². The predicted molar refractivity (Wildman–Crippen MR) is 46.3 cm³/mol. The molecule has 0 amide bonds. The average molecular weight is 179 g/mol. The normalized spacial score (nSPS) is 8.45. The number of hydrogen-bond donors (Lipinski definition) is 1. The SMILES string of the molecule is CC(=O)C=N.COP(C)OC. The second-order valence-corrected chi connectivity index (χ2v) is 3.17. The molecule has 0 fully saturated rings. The first-order valence-electron chi connectivity index (χ1n) is 2.91. The lowest BCUT2D eigenvalue weighted by molar-refractivity contribution is -0.110. The topological polar surface area (TPSA) is 59.4 Å². The highest BCUT2D eigenvalue weighted by atomic mass is 31.2. The molecule has 0 aliphatic heterocycles. The maximum atomic E-state index is 9.57. The number of hydrogen-bond acceptors (Lipinski definition) is 4. The average Bonchev–Trinajstić information content (AvgIpc) is 2.04. The van der Waals surface area contributed by atoms with Crippen LogP contribution in [-0.4, -0.2) is 32.9 Å². The van der Waals surface area contributed by atoms with E-state index in [1.165, 1.54) is 6.92 Å². The van der Waals surface area contributed by atoms with Gasteiger partial charge >= 0.3 is 0 Å². The number of carbonyl (C=O) groups excluding carboxylic acids is 1. The van der Waals surface area contributed by atoms with E-state index in [0.717, 1.165) is 6.21 Å². The molecule has 5 heteroatoms. The molecule has 11 heavy (non-hydrogen) atoms. The zero-order valence-corrected chi connectivity index (χ0v) is 8.14. The van der Waals surface area contributed by atoms with Crippen molar-refractivity contribution < 1.29 is 13.8 Å². The molecule has 0 atom stereocenters. The standard InChI is InChI=1S/C3H5NO.C3H9O2P/c1-3(5)2-4;1-4-6(3)5-2/h2,4H,1H3;1-3H3. The Morgan fingerprint density at radius 2 is 1.73 bits per heavy atom. The molecule has 0 aromatic carbocycles. The number of rotatable bonds is 3. The Balaban J connectivity index is 0. The van der Waals surface area contributed by atoms with E-state index >= 15 is 0 Å². The number of Topliss-reactive ketones (excluding diaryl/α,β-unsaturated/α-hetero) is 1. The van der Waals surface area contributed by atoms with E-state index in [2.05, 4.69) is 0 Å². The molecule has 0 radical (unpaired) electrons. The molecule has 0 heterocycles. The first-order chi connectivity index (χ1) is 5.08. The monoisotopic (exact) mass is 179 g/mol. The Kier molecular flexibility index (Phi) is 11.7. The molecule has 0 spiro atoms. The van der Waals surface area contributed by atoms with Gasteiger partial charge in [0.1, 0.15) is 0 Å². The summed E-state index contributed by atoms with van der Waals surface area (Å²) in [5.74, 6) is -0.204. The molecule has 0 aliphatic rings. The van der Waals surface area contributed by atoms with Gasteiger partial charge in [0.15, 0.2) is 14.2 Å². The molecule has 0 rings (SSSR count). The maximum Gasteiger partial charge on any atom is 0.170 e. The summed E-state index contributed by atoms with van der Waals surface area (Å²) in [5.41, 5.74) is 0.